The Balaban J connectivity index is 1.59. The SMILES string of the molecule is Nc1ncnc2c1NCN2[C@H]1C[C@H](O)[C@@H](COP(=O)(O)NP(=O)(O)OP(=O)(O)O)O1. The molecule has 0 bridgehead atoms. The van der Waals surface area contributed by atoms with Crippen LogP contribution in [0, 0.1) is 0 Å². The number of rotatable bonds is 8. The van der Waals surface area contributed by atoms with Crippen LogP contribution in [0.5, 0.6) is 0 Å². The van der Waals surface area contributed by atoms with E-state index in [0.717, 1.165) is 4.86 Å². The van der Waals surface area contributed by atoms with Crippen molar-refractivity contribution in [2.75, 3.05) is 29.2 Å². The second-order valence-electron chi connectivity index (χ2n) is 6.20. The molecule has 5 atom stereocenters. The number of nitrogens with two attached hydrogens (primary N) is 1. The third-order valence-corrected chi connectivity index (χ3v) is 8.25. The molecule has 30 heavy (non-hydrogen) atoms. The first-order valence-electron chi connectivity index (χ1n) is 8.07. The van der Waals surface area contributed by atoms with E-state index >= 15 is 0 Å². The maximum Gasteiger partial charge on any atom is 0.477 e. The van der Waals surface area contributed by atoms with Gasteiger partial charge in [-0.2, -0.15) is 4.31 Å². The minimum Gasteiger partial charge on any atom is -0.390 e. The lowest BCUT2D eigenvalue weighted by Gasteiger charge is -2.24. The van der Waals surface area contributed by atoms with E-state index in [1.54, 1.807) is 4.90 Å². The molecule has 0 aliphatic carbocycles. The lowest BCUT2D eigenvalue weighted by atomic mass is 10.2. The standard InChI is InChI=1S/C10H19N6O11P3/c11-9-8-10(13-3-12-9)16(4-14-8)7-1-5(17)6(26-7)2-25-28(18,19)15-29(20,21)27-30(22,23)24/h3,5-7,14,17H,1-2,4H2,(H2,11,12,13)(H2,22,23,24)(H3,15,18,19,20,21)/t5-,6+,7+/m0/s1. The van der Waals surface area contributed by atoms with Crippen molar-refractivity contribution in [1.29, 1.82) is 0 Å². The van der Waals surface area contributed by atoms with Gasteiger partial charge < -0.3 is 45.4 Å². The summed E-state index contributed by atoms with van der Waals surface area (Å²) in [6.45, 7) is -0.453. The molecule has 3 heterocycles. The van der Waals surface area contributed by atoms with Crippen LogP contribution in [-0.2, 0) is 27.3 Å². The highest BCUT2D eigenvalue weighted by Crippen LogP contribution is 2.60. The number of fused-ring (bicyclic) bond motifs is 1. The van der Waals surface area contributed by atoms with E-state index < -0.39 is 48.4 Å². The Hall–Kier alpha value is -1.19. The number of aliphatic hydroxyl groups is 1. The van der Waals surface area contributed by atoms with Crippen molar-refractivity contribution in [2.45, 2.75) is 24.9 Å². The van der Waals surface area contributed by atoms with Crippen LogP contribution >= 0.6 is 23.3 Å². The topological polar surface area (TPSA) is 259 Å². The van der Waals surface area contributed by atoms with Crippen LogP contribution in [0.15, 0.2) is 6.33 Å². The molecule has 20 heteroatoms. The monoisotopic (exact) mass is 492 g/mol. The van der Waals surface area contributed by atoms with Crippen LogP contribution < -0.4 is 20.8 Å². The first-order chi connectivity index (χ1) is 13.8. The molecule has 1 aromatic rings. The largest absolute Gasteiger partial charge is 0.477 e. The predicted molar refractivity (Wildman–Crippen MR) is 98.6 cm³/mol. The van der Waals surface area contributed by atoms with Crippen LogP contribution in [0.1, 0.15) is 6.42 Å². The van der Waals surface area contributed by atoms with E-state index in [2.05, 4.69) is 24.1 Å². The first-order valence-corrected chi connectivity index (χ1v) is 12.8. The van der Waals surface area contributed by atoms with E-state index in [-0.39, 0.29) is 18.9 Å². The quantitative estimate of drug-likeness (QED) is 0.195. The molecule has 170 valence electrons. The number of nitrogens with zero attached hydrogens (tertiary/aromatic N) is 3. The molecule has 1 saturated heterocycles. The average Bonchev–Trinajstić information content (AvgIpc) is 3.14. The third-order valence-electron chi connectivity index (χ3n) is 3.99. The van der Waals surface area contributed by atoms with E-state index in [9.17, 15) is 28.6 Å². The molecule has 1 aromatic heterocycles. The second-order valence-corrected chi connectivity index (χ2v) is 11.0. The Kier molecular flexibility index (Phi) is 6.56. The Morgan fingerprint density at radius 1 is 1.27 bits per heavy atom. The number of ether oxygens (including phenoxy) is 1. The molecular weight excluding hydrogens is 473 g/mol. The molecule has 2 aliphatic heterocycles. The highest BCUT2D eigenvalue weighted by atomic mass is 31.3. The van der Waals surface area contributed by atoms with Gasteiger partial charge >= 0.3 is 23.3 Å². The van der Waals surface area contributed by atoms with E-state index in [0.29, 0.717) is 11.5 Å². The molecule has 2 aliphatic rings. The molecule has 9 N–H and O–H groups in total. The number of nitrogen functional groups attached to an aromatic ring is 1. The zero-order valence-electron chi connectivity index (χ0n) is 14.9. The van der Waals surface area contributed by atoms with Crippen LogP contribution in [0.4, 0.5) is 17.3 Å². The Labute approximate surface area is 168 Å². The second kappa shape index (κ2) is 8.39. The number of aliphatic hydroxyl groups excluding tert-OH is 1. The maximum atomic E-state index is 11.9. The van der Waals surface area contributed by atoms with Crippen molar-refractivity contribution in [2.24, 2.45) is 0 Å². The van der Waals surface area contributed by atoms with E-state index in [1.807, 2.05) is 0 Å². The van der Waals surface area contributed by atoms with Crippen molar-refractivity contribution in [3.63, 3.8) is 0 Å². The van der Waals surface area contributed by atoms with Crippen molar-refractivity contribution >= 4 is 40.6 Å². The number of nitrogens with one attached hydrogen (secondary N) is 2. The zero-order valence-corrected chi connectivity index (χ0v) is 17.6. The molecule has 0 saturated carbocycles. The molecule has 0 amide bonds. The van der Waals surface area contributed by atoms with Gasteiger partial charge in [-0.15, -0.1) is 4.86 Å². The number of aromatic nitrogens is 2. The van der Waals surface area contributed by atoms with Gasteiger partial charge in [0.1, 0.15) is 24.3 Å². The van der Waals surface area contributed by atoms with Gasteiger partial charge in [0.25, 0.3) is 0 Å². The van der Waals surface area contributed by atoms with Crippen molar-refractivity contribution in [1.82, 2.24) is 14.8 Å². The van der Waals surface area contributed by atoms with Gasteiger partial charge in [-0.1, -0.05) is 0 Å². The molecule has 2 unspecified atom stereocenters. The van der Waals surface area contributed by atoms with Crippen molar-refractivity contribution in [3.8, 4) is 0 Å². The van der Waals surface area contributed by atoms with Crippen molar-refractivity contribution < 1.29 is 51.9 Å². The van der Waals surface area contributed by atoms with Crippen LogP contribution in [-0.4, -0.2) is 66.4 Å². The van der Waals surface area contributed by atoms with Crippen LogP contribution in [0.2, 0.25) is 0 Å². The number of phosphoric acid groups is 1. The summed E-state index contributed by atoms with van der Waals surface area (Å²) in [5.74, 6) is 0.658. The van der Waals surface area contributed by atoms with Crippen molar-refractivity contribution in [3.05, 3.63) is 6.33 Å². The van der Waals surface area contributed by atoms with Gasteiger partial charge in [-0.25, -0.2) is 23.7 Å². The molecule has 3 rings (SSSR count). The fourth-order valence-electron chi connectivity index (χ4n) is 2.84. The lowest BCUT2D eigenvalue weighted by Crippen LogP contribution is -2.36. The number of anilines is 3. The van der Waals surface area contributed by atoms with E-state index in [4.69, 9.17) is 20.3 Å². The van der Waals surface area contributed by atoms with Gasteiger partial charge in [-0.05, 0) is 0 Å². The summed E-state index contributed by atoms with van der Waals surface area (Å²) < 4.78 is 47.7. The highest BCUT2D eigenvalue weighted by Gasteiger charge is 2.43. The molecular formula is C10H19N6O11P3. The smallest absolute Gasteiger partial charge is 0.390 e. The summed E-state index contributed by atoms with van der Waals surface area (Å²) in [6.07, 6.45) is -1.63. The Morgan fingerprint density at radius 3 is 2.63 bits per heavy atom. The van der Waals surface area contributed by atoms with Gasteiger partial charge in [0.15, 0.2) is 11.6 Å². The van der Waals surface area contributed by atoms with Crippen LogP contribution in [0.3, 0.4) is 0 Å². The van der Waals surface area contributed by atoms with Gasteiger partial charge in [-0.3, -0.25) is 4.52 Å². The summed E-state index contributed by atoms with van der Waals surface area (Å²) in [5, 5.41) is 13.1. The fourth-order valence-corrected chi connectivity index (χ4v) is 6.32. The predicted octanol–water partition coefficient (Wildman–Crippen LogP) is -1.36. The first kappa shape index (κ1) is 23.5. The summed E-state index contributed by atoms with van der Waals surface area (Å²) >= 11 is 0. The summed E-state index contributed by atoms with van der Waals surface area (Å²) in [7, 11) is -15.9. The molecule has 1 fully saturated rings. The Bertz CT molecular complexity index is 944. The summed E-state index contributed by atoms with van der Waals surface area (Å²) in [4.78, 5) is 46.6. The summed E-state index contributed by atoms with van der Waals surface area (Å²) in [5.41, 5.74) is 6.24. The highest BCUT2D eigenvalue weighted by molar-refractivity contribution is 7.70. The molecule has 0 aromatic carbocycles. The lowest BCUT2D eigenvalue weighted by molar-refractivity contribution is -0.0181. The Morgan fingerprint density at radius 2 is 1.97 bits per heavy atom. The molecule has 0 radical (unpaired) electrons. The number of hydrogen-bond donors (Lipinski definition) is 8. The summed E-state index contributed by atoms with van der Waals surface area (Å²) in [6, 6.07) is 0. The zero-order chi connectivity index (χ0) is 22.3. The average molecular weight is 492 g/mol. The minimum absolute atomic E-state index is 0.0715. The third kappa shape index (κ3) is 5.73. The maximum absolute atomic E-state index is 11.9. The van der Waals surface area contributed by atoms with Gasteiger partial charge in [0.05, 0.1) is 19.4 Å². The van der Waals surface area contributed by atoms with Gasteiger partial charge in [0, 0.05) is 6.42 Å². The van der Waals surface area contributed by atoms with Gasteiger partial charge in [0.2, 0.25) is 0 Å². The van der Waals surface area contributed by atoms with E-state index in [1.165, 1.54) is 6.33 Å². The molecule has 0 spiro atoms. The number of hydrogen-bond acceptors (Lipinski definition) is 12. The minimum atomic E-state index is -5.43. The molecule has 17 nitrogen and oxygen atoms in total. The normalized spacial score (nSPS) is 27.9. The fraction of sp³-hybridized carbons (Fsp3) is 0.600. The van der Waals surface area contributed by atoms with Crippen LogP contribution in [0.25, 0.3) is 0 Å².